The predicted molar refractivity (Wildman–Crippen MR) is 88.4 cm³/mol. The van der Waals surface area contributed by atoms with Crippen molar-refractivity contribution in [3.8, 4) is 0 Å². The molecule has 0 spiro atoms. The van der Waals surface area contributed by atoms with Gasteiger partial charge >= 0.3 is 0 Å². The maximum atomic E-state index is 4.22. The summed E-state index contributed by atoms with van der Waals surface area (Å²) in [6, 6.07) is 0.623. The Kier molecular flexibility index (Phi) is 5.87. The molecule has 0 aliphatic heterocycles. The van der Waals surface area contributed by atoms with E-state index in [9.17, 15) is 0 Å². The van der Waals surface area contributed by atoms with Crippen molar-refractivity contribution < 1.29 is 0 Å². The van der Waals surface area contributed by atoms with E-state index in [1.165, 1.54) is 25.7 Å². The molecule has 3 atom stereocenters. The van der Waals surface area contributed by atoms with Crippen molar-refractivity contribution in [2.45, 2.75) is 69.0 Å². The van der Waals surface area contributed by atoms with Gasteiger partial charge in [-0.15, -0.1) is 10.2 Å². The van der Waals surface area contributed by atoms with Gasteiger partial charge in [0.05, 0.1) is 0 Å². The van der Waals surface area contributed by atoms with Gasteiger partial charge in [-0.3, -0.25) is 0 Å². The van der Waals surface area contributed by atoms with Crippen LogP contribution < -0.4 is 5.32 Å². The van der Waals surface area contributed by atoms with Crippen LogP contribution >= 0.6 is 23.1 Å². The van der Waals surface area contributed by atoms with E-state index in [4.69, 9.17) is 0 Å². The molecule has 0 bridgehead atoms. The average molecular weight is 314 g/mol. The number of hydrogen-bond acceptors (Lipinski definition) is 5. The van der Waals surface area contributed by atoms with Crippen LogP contribution in [0.25, 0.3) is 0 Å². The van der Waals surface area contributed by atoms with E-state index in [2.05, 4.69) is 43.2 Å². The summed E-state index contributed by atoms with van der Waals surface area (Å²) in [5.74, 6) is 0.827. The van der Waals surface area contributed by atoms with Crippen molar-refractivity contribution in [3.05, 3.63) is 5.51 Å². The molecule has 0 radical (unpaired) electrons. The van der Waals surface area contributed by atoms with Gasteiger partial charge in [-0.25, -0.2) is 0 Å². The molecule has 5 heteroatoms. The SMILES string of the molecule is CCNC1CCC(C(C)(C)CC)CC1Sc1nncs1. The molecule has 0 saturated heterocycles. The van der Waals surface area contributed by atoms with Crippen LogP contribution in [0, 0.1) is 11.3 Å². The van der Waals surface area contributed by atoms with Crippen LogP contribution in [0.2, 0.25) is 0 Å². The first-order valence-corrected chi connectivity index (χ1v) is 9.49. The van der Waals surface area contributed by atoms with E-state index in [1.807, 2.05) is 17.3 Å². The third-order valence-corrected chi connectivity index (χ3v) is 7.03. The summed E-state index contributed by atoms with van der Waals surface area (Å²) in [6.07, 6.45) is 5.20. The normalized spacial score (nSPS) is 27.7. The second kappa shape index (κ2) is 7.23. The molecule has 1 saturated carbocycles. The minimum Gasteiger partial charge on any atom is -0.313 e. The van der Waals surface area contributed by atoms with Gasteiger partial charge in [0.1, 0.15) is 5.51 Å². The molecule has 2 rings (SSSR count). The first-order chi connectivity index (χ1) is 9.56. The molecule has 1 N–H and O–H groups in total. The molecule has 1 fully saturated rings. The fourth-order valence-corrected chi connectivity index (χ4v) is 5.18. The lowest BCUT2D eigenvalue weighted by Crippen LogP contribution is -2.45. The van der Waals surface area contributed by atoms with Gasteiger partial charge < -0.3 is 5.32 Å². The highest BCUT2D eigenvalue weighted by Crippen LogP contribution is 2.45. The predicted octanol–water partition coefficient (Wildman–Crippen LogP) is 4.21. The van der Waals surface area contributed by atoms with Crippen LogP contribution in [0.3, 0.4) is 0 Å². The van der Waals surface area contributed by atoms with Gasteiger partial charge in [0.25, 0.3) is 0 Å². The topological polar surface area (TPSA) is 37.8 Å². The standard InChI is InChI=1S/C15H27N3S2/c1-5-15(3,4)11-7-8-12(16-6-2)13(9-11)20-14-18-17-10-19-14/h10-13,16H,5-9H2,1-4H3. The molecular weight excluding hydrogens is 286 g/mol. The lowest BCUT2D eigenvalue weighted by molar-refractivity contribution is 0.141. The number of rotatable bonds is 6. The average Bonchev–Trinajstić information content (AvgIpc) is 2.94. The molecule has 114 valence electrons. The second-order valence-corrected chi connectivity index (χ2v) is 8.70. The minimum absolute atomic E-state index is 0.455. The maximum absolute atomic E-state index is 4.22. The summed E-state index contributed by atoms with van der Waals surface area (Å²) < 4.78 is 1.12. The monoisotopic (exact) mass is 313 g/mol. The minimum atomic E-state index is 0.455. The summed E-state index contributed by atoms with van der Waals surface area (Å²) in [5.41, 5.74) is 2.29. The van der Waals surface area contributed by atoms with Crippen molar-refractivity contribution in [1.29, 1.82) is 0 Å². The van der Waals surface area contributed by atoms with E-state index in [-0.39, 0.29) is 0 Å². The van der Waals surface area contributed by atoms with Gasteiger partial charge in [-0.1, -0.05) is 57.2 Å². The van der Waals surface area contributed by atoms with Gasteiger partial charge in [-0.2, -0.15) is 0 Å². The first kappa shape index (κ1) is 16.2. The van der Waals surface area contributed by atoms with Gasteiger partial charge in [0, 0.05) is 11.3 Å². The van der Waals surface area contributed by atoms with Gasteiger partial charge in [-0.05, 0) is 37.1 Å². The fourth-order valence-electron chi connectivity index (χ4n) is 3.10. The van der Waals surface area contributed by atoms with Gasteiger partial charge in [0.2, 0.25) is 0 Å². The van der Waals surface area contributed by atoms with Crippen LogP contribution in [-0.4, -0.2) is 28.0 Å². The Morgan fingerprint density at radius 1 is 1.40 bits per heavy atom. The molecule has 0 amide bonds. The van der Waals surface area contributed by atoms with Crippen molar-refractivity contribution in [3.63, 3.8) is 0 Å². The summed E-state index contributed by atoms with van der Waals surface area (Å²) in [5, 5.41) is 12.5. The molecule has 1 heterocycles. The zero-order valence-corrected chi connectivity index (χ0v) is 14.7. The van der Waals surface area contributed by atoms with Crippen LogP contribution in [0.15, 0.2) is 9.85 Å². The Hall–Kier alpha value is -0.130. The van der Waals surface area contributed by atoms with Gasteiger partial charge in [0.15, 0.2) is 4.34 Å². The van der Waals surface area contributed by atoms with Crippen LogP contribution in [0.4, 0.5) is 0 Å². The zero-order chi connectivity index (χ0) is 14.6. The number of nitrogens with one attached hydrogen (secondary N) is 1. The lowest BCUT2D eigenvalue weighted by Gasteiger charge is -2.42. The third kappa shape index (κ3) is 3.95. The molecule has 3 unspecified atom stereocenters. The highest BCUT2D eigenvalue weighted by molar-refractivity contribution is 8.01. The van der Waals surface area contributed by atoms with Crippen LogP contribution in [-0.2, 0) is 0 Å². The molecular formula is C15H27N3S2. The fraction of sp³-hybridized carbons (Fsp3) is 0.867. The molecule has 1 aromatic heterocycles. The smallest absolute Gasteiger partial charge is 0.174 e. The highest BCUT2D eigenvalue weighted by Gasteiger charge is 2.37. The Balaban J connectivity index is 2.05. The zero-order valence-electron chi connectivity index (χ0n) is 13.1. The largest absolute Gasteiger partial charge is 0.313 e. The Morgan fingerprint density at radius 3 is 2.80 bits per heavy atom. The molecule has 1 aliphatic carbocycles. The number of hydrogen-bond donors (Lipinski definition) is 1. The van der Waals surface area contributed by atoms with Crippen LogP contribution in [0.1, 0.15) is 53.4 Å². The third-order valence-electron chi connectivity index (χ3n) is 4.87. The quantitative estimate of drug-likeness (QED) is 0.853. The Bertz CT molecular complexity index is 392. The number of thioether (sulfide) groups is 1. The molecule has 0 aromatic carbocycles. The summed E-state index contributed by atoms with van der Waals surface area (Å²) >= 11 is 3.60. The number of nitrogens with zero attached hydrogens (tertiary/aromatic N) is 2. The van der Waals surface area contributed by atoms with E-state index >= 15 is 0 Å². The van der Waals surface area contributed by atoms with Crippen molar-refractivity contribution in [2.75, 3.05) is 6.54 Å². The van der Waals surface area contributed by atoms with Crippen LogP contribution in [0.5, 0.6) is 0 Å². The van der Waals surface area contributed by atoms with E-state index in [0.717, 1.165) is 16.8 Å². The van der Waals surface area contributed by atoms with E-state index in [0.29, 0.717) is 16.7 Å². The molecule has 3 nitrogen and oxygen atoms in total. The van der Waals surface area contributed by atoms with E-state index in [1.54, 1.807) is 11.3 Å². The Labute approximate surface area is 131 Å². The van der Waals surface area contributed by atoms with E-state index < -0.39 is 0 Å². The summed E-state index contributed by atoms with van der Waals surface area (Å²) in [7, 11) is 0. The lowest BCUT2D eigenvalue weighted by atomic mass is 9.68. The molecule has 20 heavy (non-hydrogen) atoms. The van der Waals surface area contributed by atoms with Crippen molar-refractivity contribution in [2.24, 2.45) is 11.3 Å². The summed E-state index contributed by atoms with van der Waals surface area (Å²) in [4.78, 5) is 0. The Morgan fingerprint density at radius 2 is 2.20 bits per heavy atom. The highest BCUT2D eigenvalue weighted by atomic mass is 32.2. The molecule has 1 aromatic rings. The number of aromatic nitrogens is 2. The summed E-state index contributed by atoms with van der Waals surface area (Å²) in [6.45, 7) is 10.4. The second-order valence-electron chi connectivity index (χ2n) is 6.38. The van der Waals surface area contributed by atoms with Crippen molar-refractivity contribution >= 4 is 23.1 Å². The van der Waals surface area contributed by atoms with Crippen molar-refractivity contribution in [1.82, 2.24) is 15.5 Å². The maximum Gasteiger partial charge on any atom is 0.174 e. The molecule has 1 aliphatic rings. The first-order valence-electron chi connectivity index (χ1n) is 7.73.